The predicted molar refractivity (Wildman–Crippen MR) is 119 cm³/mol. The third kappa shape index (κ3) is 5.90. The number of anilines is 1. The van der Waals surface area contributed by atoms with Gasteiger partial charge in [0.05, 0.1) is 23.6 Å². The number of nitrogens with one attached hydrogen (secondary N) is 2. The summed E-state index contributed by atoms with van der Waals surface area (Å²) >= 11 is 1.08. The minimum Gasteiger partial charge on any atom is -0.462 e. The number of amides is 2. The van der Waals surface area contributed by atoms with E-state index in [4.69, 9.17) is 4.74 Å². The van der Waals surface area contributed by atoms with Crippen LogP contribution >= 0.6 is 11.3 Å². The van der Waals surface area contributed by atoms with Gasteiger partial charge in [-0.3, -0.25) is 14.5 Å². The summed E-state index contributed by atoms with van der Waals surface area (Å²) in [6.45, 7) is 9.12. The van der Waals surface area contributed by atoms with Crippen molar-refractivity contribution in [1.29, 1.82) is 0 Å². The molecule has 2 aromatic rings. The largest absolute Gasteiger partial charge is 0.462 e. The zero-order valence-electron chi connectivity index (χ0n) is 18.1. The number of aryl methyl sites for hydroxylation is 1. The van der Waals surface area contributed by atoms with E-state index in [1.54, 1.807) is 13.8 Å². The molecule has 1 aromatic heterocycles. The first-order valence-electron chi connectivity index (χ1n) is 9.90. The van der Waals surface area contributed by atoms with Crippen LogP contribution in [0.15, 0.2) is 24.3 Å². The molecule has 0 bridgehead atoms. The molecule has 0 atom stereocenters. The van der Waals surface area contributed by atoms with Crippen molar-refractivity contribution in [2.75, 3.05) is 32.1 Å². The van der Waals surface area contributed by atoms with Gasteiger partial charge < -0.3 is 15.4 Å². The van der Waals surface area contributed by atoms with Crippen LogP contribution in [0.3, 0.4) is 0 Å². The van der Waals surface area contributed by atoms with E-state index in [2.05, 4.69) is 16.7 Å². The van der Waals surface area contributed by atoms with E-state index >= 15 is 0 Å². The number of nitrogens with zero attached hydrogens (tertiary/aromatic N) is 1. The van der Waals surface area contributed by atoms with Crippen LogP contribution in [0, 0.1) is 13.8 Å². The Balaban J connectivity index is 2.19. The fraction of sp³-hybridized carbons (Fsp3) is 0.409. The third-order valence-corrected chi connectivity index (χ3v) is 5.82. The van der Waals surface area contributed by atoms with E-state index in [0.717, 1.165) is 16.9 Å². The topological polar surface area (TPSA) is 87.7 Å². The standard InChI is InChI=1S/C22H29N3O4S/c1-6-25(12-16-10-8-9-14(3)11-16)13-17(26)24-21-18(22(28)29-7-2)15(4)19(30-21)20(27)23-5/h8-11H,6-7,12-13H2,1-5H3,(H,23,27)(H,24,26). The normalized spacial score (nSPS) is 10.7. The van der Waals surface area contributed by atoms with E-state index < -0.39 is 5.97 Å². The first-order valence-corrected chi connectivity index (χ1v) is 10.7. The van der Waals surface area contributed by atoms with E-state index in [-0.39, 0.29) is 30.5 Å². The number of ether oxygens (including phenoxy) is 1. The molecule has 7 nitrogen and oxygen atoms in total. The molecule has 8 heteroatoms. The number of rotatable bonds is 9. The first kappa shape index (κ1) is 23.6. The molecule has 2 amide bonds. The zero-order valence-corrected chi connectivity index (χ0v) is 18.9. The lowest BCUT2D eigenvalue weighted by atomic mass is 10.1. The van der Waals surface area contributed by atoms with Crippen molar-refractivity contribution in [3.8, 4) is 0 Å². The van der Waals surface area contributed by atoms with Crippen LogP contribution in [0.4, 0.5) is 5.00 Å². The Morgan fingerprint density at radius 3 is 2.50 bits per heavy atom. The highest BCUT2D eigenvalue weighted by molar-refractivity contribution is 7.18. The smallest absolute Gasteiger partial charge is 0.341 e. The monoisotopic (exact) mass is 431 g/mol. The maximum Gasteiger partial charge on any atom is 0.341 e. The lowest BCUT2D eigenvalue weighted by Gasteiger charge is -2.20. The summed E-state index contributed by atoms with van der Waals surface area (Å²) in [6.07, 6.45) is 0. The molecule has 1 aromatic carbocycles. The van der Waals surface area contributed by atoms with Gasteiger partial charge in [-0.05, 0) is 38.4 Å². The highest BCUT2D eigenvalue weighted by Gasteiger charge is 2.26. The second-order valence-corrected chi connectivity index (χ2v) is 7.92. The van der Waals surface area contributed by atoms with Crippen molar-refractivity contribution in [3.63, 3.8) is 0 Å². The van der Waals surface area contributed by atoms with Gasteiger partial charge in [0.1, 0.15) is 5.00 Å². The Kier molecular flexibility index (Phi) is 8.56. The number of benzene rings is 1. The maximum absolute atomic E-state index is 12.7. The molecule has 0 fully saturated rings. The Bertz CT molecular complexity index is 923. The molecule has 0 unspecified atom stereocenters. The second-order valence-electron chi connectivity index (χ2n) is 6.90. The number of likely N-dealkylation sites (N-methyl/N-ethyl adjacent to an activating group) is 1. The minimum atomic E-state index is -0.552. The molecule has 1 heterocycles. The molecule has 0 saturated heterocycles. The van der Waals surface area contributed by atoms with Crippen molar-refractivity contribution in [3.05, 3.63) is 51.4 Å². The molecule has 0 aliphatic carbocycles. The van der Waals surface area contributed by atoms with E-state index in [1.807, 2.05) is 36.9 Å². The van der Waals surface area contributed by atoms with Crippen molar-refractivity contribution in [1.82, 2.24) is 10.2 Å². The summed E-state index contributed by atoms with van der Waals surface area (Å²) in [5.41, 5.74) is 3.03. The van der Waals surface area contributed by atoms with Crippen molar-refractivity contribution < 1.29 is 19.1 Å². The lowest BCUT2D eigenvalue weighted by molar-refractivity contribution is -0.117. The van der Waals surface area contributed by atoms with Gasteiger partial charge in [0.2, 0.25) is 5.91 Å². The van der Waals surface area contributed by atoms with Crippen LogP contribution < -0.4 is 10.6 Å². The van der Waals surface area contributed by atoms with Crippen molar-refractivity contribution in [2.24, 2.45) is 0 Å². The summed E-state index contributed by atoms with van der Waals surface area (Å²) in [6, 6.07) is 8.16. The summed E-state index contributed by atoms with van der Waals surface area (Å²) in [5.74, 6) is -1.11. The molecule has 2 N–H and O–H groups in total. The van der Waals surface area contributed by atoms with Gasteiger partial charge in [0.15, 0.2) is 0 Å². The fourth-order valence-corrected chi connectivity index (χ4v) is 4.26. The summed E-state index contributed by atoms with van der Waals surface area (Å²) in [4.78, 5) is 39.7. The molecule has 0 radical (unpaired) electrons. The van der Waals surface area contributed by atoms with E-state index in [1.165, 1.54) is 12.6 Å². The molecule has 0 aliphatic rings. The van der Waals surface area contributed by atoms with Crippen molar-refractivity contribution in [2.45, 2.75) is 34.2 Å². The number of hydrogen-bond acceptors (Lipinski definition) is 6. The molecular weight excluding hydrogens is 402 g/mol. The van der Waals surface area contributed by atoms with Crippen LogP contribution in [0.1, 0.15) is 50.6 Å². The molecule has 2 rings (SSSR count). The first-order chi connectivity index (χ1) is 14.3. The molecule has 0 spiro atoms. The van der Waals surface area contributed by atoms with Crippen molar-refractivity contribution >= 4 is 34.1 Å². The third-order valence-electron chi connectivity index (χ3n) is 4.62. The van der Waals surface area contributed by atoms with Crippen LogP contribution in [-0.4, -0.2) is 49.4 Å². The van der Waals surface area contributed by atoms with Gasteiger partial charge in [-0.2, -0.15) is 0 Å². The number of thiophene rings is 1. The van der Waals surface area contributed by atoms with E-state index in [9.17, 15) is 14.4 Å². The molecule has 0 aliphatic heterocycles. The predicted octanol–water partition coefficient (Wildman–Crippen LogP) is 3.36. The fourth-order valence-electron chi connectivity index (χ4n) is 3.10. The number of hydrogen-bond donors (Lipinski definition) is 2. The zero-order chi connectivity index (χ0) is 22.3. The Labute approximate surface area is 181 Å². The van der Waals surface area contributed by atoms with Crippen LogP contribution in [0.2, 0.25) is 0 Å². The molecule has 30 heavy (non-hydrogen) atoms. The number of esters is 1. The molecular formula is C22H29N3O4S. The Morgan fingerprint density at radius 1 is 1.17 bits per heavy atom. The Hall–Kier alpha value is -2.71. The molecule has 162 valence electrons. The average Bonchev–Trinajstić information content (AvgIpc) is 3.02. The summed E-state index contributed by atoms with van der Waals surface area (Å²) < 4.78 is 5.12. The maximum atomic E-state index is 12.7. The summed E-state index contributed by atoms with van der Waals surface area (Å²) in [5, 5.41) is 5.70. The summed E-state index contributed by atoms with van der Waals surface area (Å²) in [7, 11) is 1.52. The second kappa shape index (κ2) is 10.9. The van der Waals surface area contributed by atoms with Crippen LogP contribution in [0.5, 0.6) is 0 Å². The average molecular weight is 432 g/mol. The number of carbonyl (C=O) groups excluding carboxylic acids is 3. The van der Waals surface area contributed by atoms with Gasteiger partial charge >= 0.3 is 5.97 Å². The minimum absolute atomic E-state index is 0.166. The van der Waals surface area contributed by atoms with Gasteiger partial charge in [0.25, 0.3) is 5.91 Å². The van der Waals surface area contributed by atoms with Crippen LogP contribution in [0.25, 0.3) is 0 Å². The highest BCUT2D eigenvalue weighted by atomic mass is 32.1. The molecule has 0 saturated carbocycles. The van der Waals surface area contributed by atoms with Gasteiger partial charge in [-0.25, -0.2) is 4.79 Å². The quantitative estimate of drug-likeness (QED) is 0.595. The SMILES string of the molecule is CCOC(=O)c1c(NC(=O)CN(CC)Cc2cccc(C)c2)sc(C(=O)NC)c1C. The highest BCUT2D eigenvalue weighted by Crippen LogP contribution is 2.33. The van der Waals surface area contributed by atoms with Gasteiger partial charge in [0, 0.05) is 13.6 Å². The lowest BCUT2D eigenvalue weighted by Crippen LogP contribution is -2.33. The van der Waals surface area contributed by atoms with Gasteiger partial charge in [-0.1, -0.05) is 36.8 Å². The Morgan fingerprint density at radius 2 is 1.90 bits per heavy atom. The van der Waals surface area contributed by atoms with E-state index in [0.29, 0.717) is 28.5 Å². The number of carbonyl (C=O) groups is 3. The van der Waals surface area contributed by atoms with Gasteiger partial charge in [-0.15, -0.1) is 11.3 Å². The van der Waals surface area contributed by atoms with Crippen LogP contribution in [-0.2, 0) is 16.1 Å².